The summed E-state index contributed by atoms with van der Waals surface area (Å²) in [7, 11) is 0. The van der Waals surface area contributed by atoms with Gasteiger partial charge in [-0.2, -0.15) is 0 Å². The monoisotopic (exact) mass is 636 g/mol. The van der Waals surface area contributed by atoms with Gasteiger partial charge in [0.2, 0.25) is 0 Å². The molecule has 0 saturated heterocycles. The van der Waals surface area contributed by atoms with Crippen molar-refractivity contribution in [1.82, 2.24) is 5.32 Å². The van der Waals surface area contributed by atoms with Crippen LogP contribution >= 0.6 is 0 Å². The second-order valence-corrected chi connectivity index (χ2v) is 19.4. The van der Waals surface area contributed by atoms with E-state index >= 15 is 0 Å². The van der Waals surface area contributed by atoms with Crippen molar-refractivity contribution in [3.63, 3.8) is 0 Å². The highest BCUT2D eigenvalue weighted by Crippen LogP contribution is 2.78. The molecule has 5 aliphatic rings. The number of carbonyl (C=O) groups is 2. The Kier molecular flexibility index (Phi) is 9.38. The van der Waals surface area contributed by atoms with Crippen molar-refractivity contribution in [2.75, 3.05) is 0 Å². The van der Waals surface area contributed by atoms with Crippen molar-refractivity contribution in [3.8, 4) is 0 Å². The van der Waals surface area contributed by atoms with Crippen molar-refractivity contribution < 1.29 is 14.3 Å². The minimum Gasteiger partial charge on any atom is -0.462 e. The van der Waals surface area contributed by atoms with Gasteiger partial charge in [-0.15, -0.1) is 0 Å². The molecular weight excluding hydrogens is 566 g/mol. The highest BCUT2D eigenvalue weighted by Gasteiger charge is 2.71. The summed E-state index contributed by atoms with van der Waals surface area (Å²) in [6.45, 7) is 32.5. The van der Waals surface area contributed by atoms with Crippen molar-refractivity contribution in [2.24, 2.45) is 62.1 Å². The Hall–Kier alpha value is -1.58. The Morgan fingerprint density at radius 1 is 0.935 bits per heavy atom. The summed E-state index contributed by atoms with van der Waals surface area (Å²) in [5.74, 6) is 3.05. The normalized spacial score (nSPS) is 43.6. The molecule has 0 aromatic rings. The third-order valence-electron chi connectivity index (χ3n) is 16.0. The van der Waals surface area contributed by atoms with E-state index in [9.17, 15) is 9.59 Å². The molecule has 5 aliphatic carbocycles. The highest BCUT2D eigenvalue weighted by atomic mass is 16.5. The molecule has 1 N–H and O–H groups in total. The molecule has 0 amide bonds. The van der Waals surface area contributed by atoms with E-state index < -0.39 is 5.41 Å². The van der Waals surface area contributed by atoms with Crippen LogP contribution in [0.2, 0.25) is 0 Å². The molecule has 11 atom stereocenters. The zero-order valence-corrected chi connectivity index (χ0v) is 31.5. The first-order valence-corrected chi connectivity index (χ1v) is 19.1. The Morgan fingerprint density at radius 2 is 1.63 bits per heavy atom. The van der Waals surface area contributed by atoms with E-state index in [4.69, 9.17) is 4.74 Å². The van der Waals surface area contributed by atoms with Gasteiger partial charge in [0.1, 0.15) is 12.4 Å². The molecule has 46 heavy (non-hydrogen) atoms. The quantitative estimate of drug-likeness (QED) is 0.147. The molecule has 5 saturated carbocycles. The molecule has 5 rings (SSSR count). The van der Waals surface area contributed by atoms with Gasteiger partial charge in [-0.25, -0.2) is 0 Å². The third kappa shape index (κ3) is 5.56. The van der Waals surface area contributed by atoms with E-state index in [-0.39, 0.29) is 29.3 Å². The number of allylic oxidation sites excluding steroid dienone is 2. The lowest BCUT2D eigenvalue weighted by molar-refractivity contribution is -0.250. The maximum Gasteiger partial charge on any atom is 0.307 e. The minimum atomic E-state index is -0.678. The Morgan fingerprint density at radius 3 is 2.26 bits per heavy atom. The zero-order valence-electron chi connectivity index (χ0n) is 31.5. The molecule has 0 radical (unpaired) electrons. The predicted molar refractivity (Wildman–Crippen MR) is 190 cm³/mol. The SMILES string of the molecule is C=C(CC12CC[C@@H](C(=C)C)[C@@H]1C1CC[C@@H]3C4(C)CCC(OC(=O)CC(C)(C)C=O)C(C)(C)[C@@H]4CCC3(C)[C@]1(C)CC2)NC(C)CC. The fraction of sp³-hybridized carbons (Fsp3) is 0.857. The topological polar surface area (TPSA) is 55.4 Å². The maximum atomic E-state index is 13.0. The Labute approximate surface area is 282 Å². The number of carbonyl (C=O) groups excluding carboxylic acids is 2. The number of fused-ring (bicyclic) bond motifs is 7. The van der Waals surface area contributed by atoms with Crippen LogP contribution in [0.5, 0.6) is 0 Å². The highest BCUT2D eigenvalue weighted by molar-refractivity contribution is 5.75. The van der Waals surface area contributed by atoms with E-state index in [1.165, 1.54) is 62.6 Å². The molecule has 4 nitrogen and oxygen atoms in total. The number of aldehydes is 1. The van der Waals surface area contributed by atoms with Gasteiger partial charge >= 0.3 is 5.97 Å². The Bertz CT molecular complexity index is 1220. The van der Waals surface area contributed by atoms with E-state index in [0.717, 1.165) is 37.9 Å². The van der Waals surface area contributed by atoms with Gasteiger partial charge in [0.05, 0.1) is 6.42 Å². The third-order valence-corrected chi connectivity index (χ3v) is 16.0. The average molecular weight is 636 g/mol. The fourth-order valence-corrected chi connectivity index (χ4v) is 13.3. The fourth-order valence-electron chi connectivity index (χ4n) is 13.3. The van der Waals surface area contributed by atoms with Gasteiger partial charge in [-0.1, -0.05) is 74.1 Å². The van der Waals surface area contributed by atoms with E-state index in [1.54, 1.807) is 0 Å². The molecule has 0 aromatic heterocycles. The van der Waals surface area contributed by atoms with Crippen LogP contribution in [0.15, 0.2) is 24.4 Å². The van der Waals surface area contributed by atoms with Crippen LogP contribution < -0.4 is 5.32 Å². The van der Waals surface area contributed by atoms with Crippen LogP contribution in [-0.2, 0) is 14.3 Å². The van der Waals surface area contributed by atoms with Crippen molar-refractivity contribution >= 4 is 12.3 Å². The minimum absolute atomic E-state index is 0.0842. The van der Waals surface area contributed by atoms with Gasteiger partial charge in [0.25, 0.3) is 0 Å². The summed E-state index contributed by atoms with van der Waals surface area (Å²) in [5, 5.41) is 3.77. The molecule has 6 unspecified atom stereocenters. The van der Waals surface area contributed by atoms with Gasteiger partial charge in [0, 0.05) is 22.6 Å². The molecule has 0 aromatic carbocycles. The van der Waals surface area contributed by atoms with Crippen LogP contribution in [0.1, 0.15) is 153 Å². The first-order chi connectivity index (χ1) is 21.3. The Balaban J connectivity index is 1.41. The lowest BCUT2D eigenvalue weighted by Crippen LogP contribution is -2.66. The summed E-state index contributed by atoms with van der Waals surface area (Å²) in [6, 6.07) is 0.478. The van der Waals surface area contributed by atoms with Crippen LogP contribution in [-0.4, -0.2) is 24.4 Å². The molecule has 0 heterocycles. The number of nitrogens with one attached hydrogen (secondary N) is 1. The summed E-state index contributed by atoms with van der Waals surface area (Å²) in [6.07, 6.45) is 15.6. The van der Waals surface area contributed by atoms with E-state index in [2.05, 4.69) is 73.9 Å². The van der Waals surface area contributed by atoms with Crippen molar-refractivity contribution in [2.45, 2.75) is 165 Å². The summed E-state index contributed by atoms with van der Waals surface area (Å²) in [4.78, 5) is 24.5. The average Bonchev–Trinajstić information content (AvgIpc) is 3.34. The van der Waals surface area contributed by atoms with E-state index in [1.807, 2.05) is 13.8 Å². The summed E-state index contributed by atoms with van der Waals surface area (Å²) in [5.41, 5.74) is 3.10. The summed E-state index contributed by atoms with van der Waals surface area (Å²) < 4.78 is 6.24. The second kappa shape index (κ2) is 12.1. The molecule has 0 aliphatic heterocycles. The molecular formula is C42H69NO3. The standard InChI is InChI=1S/C42H69NO3/c1-13-28(4)43-29(5)24-42-21-16-30(27(2)3)36(42)31-14-15-33-39(10)19-18-34(46-35(45)25-37(6,7)26-44)38(8,9)32(39)17-20-41(33,12)40(31,11)22-23-42/h26,28,30-34,36,43H,2,5,13-25H2,1,3-4,6-12H3/t28?,30-,31?,32-,33+,34?,36+,39?,40+,41?,42?/m0/s1. The predicted octanol–water partition coefficient (Wildman–Crippen LogP) is 10.5. The largest absolute Gasteiger partial charge is 0.462 e. The van der Waals surface area contributed by atoms with Gasteiger partial charge in [-0.05, 0) is 142 Å². The number of rotatable bonds is 10. The van der Waals surface area contributed by atoms with E-state index in [0.29, 0.717) is 46.0 Å². The van der Waals surface area contributed by atoms with Gasteiger partial charge in [-0.3, -0.25) is 4.79 Å². The molecule has 5 fully saturated rings. The zero-order chi connectivity index (χ0) is 34.1. The van der Waals surface area contributed by atoms with Crippen molar-refractivity contribution in [3.05, 3.63) is 24.4 Å². The lowest BCUT2D eigenvalue weighted by atomic mass is 9.32. The number of ether oxygens (including phenoxy) is 1. The number of esters is 1. The number of hydrogen-bond donors (Lipinski definition) is 1. The maximum absolute atomic E-state index is 13.0. The first kappa shape index (κ1) is 35.7. The van der Waals surface area contributed by atoms with Crippen LogP contribution in [0.25, 0.3) is 0 Å². The van der Waals surface area contributed by atoms with Crippen molar-refractivity contribution in [1.29, 1.82) is 0 Å². The first-order valence-electron chi connectivity index (χ1n) is 19.1. The molecule has 0 bridgehead atoms. The van der Waals surface area contributed by atoms with Crippen LogP contribution in [0.3, 0.4) is 0 Å². The van der Waals surface area contributed by atoms with Gasteiger partial charge in [0.15, 0.2) is 0 Å². The molecule has 260 valence electrons. The van der Waals surface area contributed by atoms with Crippen LogP contribution in [0, 0.1) is 62.1 Å². The van der Waals surface area contributed by atoms with Gasteiger partial charge < -0.3 is 14.8 Å². The second-order valence-electron chi connectivity index (χ2n) is 19.4. The van der Waals surface area contributed by atoms with Crippen LogP contribution in [0.4, 0.5) is 0 Å². The molecule has 0 spiro atoms. The number of hydrogen-bond acceptors (Lipinski definition) is 4. The smallest absolute Gasteiger partial charge is 0.307 e. The lowest BCUT2D eigenvalue weighted by Gasteiger charge is -2.73. The molecule has 4 heteroatoms. The summed E-state index contributed by atoms with van der Waals surface area (Å²) >= 11 is 0.